The molecule has 0 aliphatic carbocycles. The third kappa shape index (κ3) is 5.10. The maximum atomic E-state index is 5.84. The highest BCUT2D eigenvalue weighted by atomic mass is 16.5. The Labute approximate surface area is 129 Å². The standard InChI is InChI=1S/C18H30N2O/c1-5-9-19-18(17-8-6-7-14(2)10-17)13-20-11-15(3)21-16(4)12-20/h6-8,10,15-16,18-19H,5,9,11-13H2,1-4H3/t15-,16+,18?. The summed E-state index contributed by atoms with van der Waals surface area (Å²) < 4.78 is 5.84. The van der Waals surface area contributed by atoms with Gasteiger partial charge in [-0.3, -0.25) is 4.90 Å². The molecule has 0 amide bonds. The monoisotopic (exact) mass is 290 g/mol. The van der Waals surface area contributed by atoms with E-state index in [9.17, 15) is 0 Å². The summed E-state index contributed by atoms with van der Waals surface area (Å²) in [6.07, 6.45) is 1.83. The van der Waals surface area contributed by atoms with E-state index >= 15 is 0 Å². The molecule has 1 unspecified atom stereocenters. The summed E-state index contributed by atoms with van der Waals surface area (Å²) in [7, 11) is 0. The molecule has 1 aliphatic rings. The van der Waals surface area contributed by atoms with E-state index < -0.39 is 0 Å². The largest absolute Gasteiger partial charge is 0.373 e. The van der Waals surface area contributed by atoms with Gasteiger partial charge in [0.25, 0.3) is 0 Å². The van der Waals surface area contributed by atoms with Crippen LogP contribution in [0.5, 0.6) is 0 Å². The summed E-state index contributed by atoms with van der Waals surface area (Å²) >= 11 is 0. The molecule has 0 bridgehead atoms. The van der Waals surface area contributed by atoms with Crippen molar-refractivity contribution >= 4 is 0 Å². The predicted molar refractivity (Wildman–Crippen MR) is 88.7 cm³/mol. The van der Waals surface area contributed by atoms with Crippen molar-refractivity contribution in [1.29, 1.82) is 0 Å². The fourth-order valence-corrected chi connectivity index (χ4v) is 3.18. The number of ether oxygens (including phenoxy) is 1. The average molecular weight is 290 g/mol. The first-order valence-corrected chi connectivity index (χ1v) is 8.26. The van der Waals surface area contributed by atoms with Gasteiger partial charge in [0.05, 0.1) is 12.2 Å². The maximum Gasteiger partial charge on any atom is 0.0678 e. The van der Waals surface area contributed by atoms with Crippen molar-refractivity contribution in [3.8, 4) is 0 Å². The van der Waals surface area contributed by atoms with E-state index in [1.165, 1.54) is 11.1 Å². The molecular formula is C18H30N2O. The molecule has 118 valence electrons. The Morgan fingerprint density at radius 3 is 2.62 bits per heavy atom. The molecule has 1 heterocycles. The molecule has 3 atom stereocenters. The minimum Gasteiger partial charge on any atom is -0.373 e. The van der Waals surface area contributed by atoms with Gasteiger partial charge in [-0.05, 0) is 39.3 Å². The second-order valence-corrected chi connectivity index (χ2v) is 6.40. The Morgan fingerprint density at radius 2 is 2.00 bits per heavy atom. The number of hydrogen-bond donors (Lipinski definition) is 1. The zero-order valence-corrected chi connectivity index (χ0v) is 13.9. The molecule has 3 heteroatoms. The van der Waals surface area contributed by atoms with Crippen molar-refractivity contribution in [3.63, 3.8) is 0 Å². The summed E-state index contributed by atoms with van der Waals surface area (Å²) in [5.74, 6) is 0. The number of rotatable bonds is 6. The first kappa shape index (κ1) is 16.5. The van der Waals surface area contributed by atoms with E-state index in [2.05, 4.69) is 62.2 Å². The summed E-state index contributed by atoms with van der Waals surface area (Å²) in [5.41, 5.74) is 2.73. The summed E-state index contributed by atoms with van der Waals surface area (Å²) in [4.78, 5) is 2.54. The SMILES string of the molecule is CCCNC(CN1C[C@@H](C)O[C@@H](C)C1)c1cccc(C)c1. The summed E-state index contributed by atoms with van der Waals surface area (Å²) in [5, 5.41) is 3.71. The molecule has 1 saturated heterocycles. The van der Waals surface area contributed by atoms with E-state index in [-0.39, 0.29) is 0 Å². The lowest BCUT2D eigenvalue weighted by atomic mass is 10.0. The molecule has 3 nitrogen and oxygen atoms in total. The Balaban J connectivity index is 2.05. The van der Waals surface area contributed by atoms with E-state index in [4.69, 9.17) is 4.74 Å². The molecule has 1 aliphatic heterocycles. The lowest BCUT2D eigenvalue weighted by Gasteiger charge is -2.37. The fourth-order valence-electron chi connectivity index (χ4n) is 3.18. The van der Waals surface area contributed by atoms with Crippen molar-refractivity contribution in [2.75, 3.05) is 26.2 Å². The third-order valence-electron chi connectivity index (χ3n) is 4.02. The van der Waals surface area contributed by atoms with E-state index in [1.54, 1.807) is 0 Å². The van der Waals surface area contributed by atoms with Gasteiger partial charge in [0.1, 0.15) is 0 Å². The highest BCUT2D eigenvalue weighted by Gasteiger charge is 2.24. The second kappa shape index (κ2) is 7.92. The van der Waals surface area contributed by atoms with Crippen molar-refractivity contribution in [3.05, 3.63) is 35.4 Å². The number of nitrogens with zero attached hydrogens (tertiary/aromatic N) is 1. The summed E-state index contributed by atoms with van der Waals surface area (Å²) in [6, 6.07) is 9.28. The fraction of sp³-hybridized carbons (Fsp3) is 0.667. The minimum atomic E-state index is 0.332. The van der Waals surface area contributed by atoms with Gasteiger partial charge in [0, 0.05) is 25.7 Å². The third-order valence-corrected chi connectivity index (χ3v) is 4.02. The van der Waals surface area contributed by atoms with Crippen LogP contribution in [0, 0.1) is 6.92 Å². The van der Waals surface area contributed by atoms with Gasteiger partial charge < -0.3 is 10.1 Å². The number of hydrogen-bond acceptors (Lipinski definition) is 3. The molecule has 21 heavy (non-hydrogen) atoms. The zero-order valence-electron chi connectivity index (χ0n) is 13.9. The highest BCUT2D eigenvalue weighted by Crippen LogP contribution is 2.19. The Morgan fingerprint density at radius 1 is 1.29 bits per heavy atom. The number of benzene rings is 1. The van der Waals surface area contributed by atoms with Crippen molar-refractivity contribution in [2.24, 2.45) is 0 Å². The molecule has 1 aromatic rings. The second-order valence-electron chi connectivity index (χ2n) is 6.40. The van der Waals surface area contributed by atoms with Crippen LogP contribution < -0.4 is 5.32 Å². The van der Waals surface area contributed by atoms with Gasteiger partial charge in [-0.25, -0.2) is 0 Å². The van der Waals surface area contributed by atoms with Crippen LogP contribution in [0.2, 0.25) is 0 Å². The maximum absolute atomic E-state index is 5.84. The van der Waals surface area contributed by atoms with Gasteiger partial charge >= 0.3 is 0 Å². The Hall–Kier alpha value is -0.900. The minimum absolute atomic E-state index is 0.332. The van der Waals surface area contributed by atoms with Gasteiger partial charge in [-0.1, -0.05) is 36.8 Å². The van der Waals surface area contributed by atoms with Crippen molar-refractivity contribution < 1.29 is 4.74 Å². The van der Waals surface area contributed by atoms with Gasteiger partial charge in [-0.15, -0.1) is 0 Å². The highest BCUT2D eigenvalue weighted by molar-refractivity contribution is 5.25. The molecule has 0 radical (unpaired) electrons. The molecule has 1 aromatic carbocycles. The van der Waals surface area contributed by atoms with Gasteiger partial charge in [0.2, 0.25) is 0 Å². The van der Waals surface area contributed by atoms with Gasteiger partial charge in [0.15, 0.2) is 0 Å². The average Bonchev–Trinajstić information content (AvgIpc) is 2.42. The smallest absolute Gasteiger partial charge is 0.0678 e. The van der Waals surface area contributed by atoms with Crippen LogP contribution in [0.25, 0.3) is 0 Å². The van der Waals surface area contributed by atoms with Gasteiger partial charge in [-0.2, -0.15) is 0 Å². The first-order valence-electron chi connectivity index (χ1n) is 8.26. The lowest BCUT2D eigenvalue weighted by Crippen LogP contribution is -2.48. The molecule has 1 fully saturated rings. The molecular weight excluding hydrogens is 260 g/mol. The van der Waals surface area contributed by atoms with Crippen molar-refractivity contribution in [1.82, 2.24) is 10.2 Å². The molecule has 2 rings (SSSR count). The number of nitrogens with one attached hydrogen (secondary N) is 1. The van der Waals surface area contributed by atoms with Crippen LogP contribution in [0.15, 0.2) is 24.3 Å². The molecule has 0 saturated carbocycles. The molecule has 0 aromatic heterocycles. The quantitative estimate of drug-likeness (QED) is 0.871. The molecule has 0 spiro atoms. The van der Waals surface area contributed by atoms with Crippen molar-refractivity contribution in [2.45, 2.75) is 52.4 Å². The van der Waals surface area contributed by atoms with Crippen LogP contribution >= 0.6 is 0 Å². The van der Waals surface area contributed by atoms with Crippen LogP contribution in [0.3, 0.4) is 0 Å². The van der Waals surface area contributed by atoms with E-state index in [0.29, 0.717) is 18.2 Å². The lowest BCUT2D eigenvalue weighted by molar-refractivity contribution is -0.0699. The Bertz CT molecular complexity index is 425. The van der Waals surface area contributed by atoms with E-state index in [1.807, 2.05) is 0 Å². The van der Waals surface area contributed by atoms with Crippen LogP contribution in [-0.4, -0.2) is 43.3 Å². The normalized spacial score (nSPS) is 25.0. The van der Waals surface area contributed by atoms with Crippen LogP contribution in [-0.2, 0) is 4.74 Å². The zero-order chi connectivity index (χ0) is 15.2. The van der Waals surface area contributed by atoms with Crippen LogP contribution in [0.1, 0.15) is 44.4 Å². The van der Waals surface area contributed by atoms with Crippen LogP contribution in [0.4, 0.5) is 0 Å². The summed E-state index contributed by atoms with van der Waals surface area (Å²) in [6.45, 7) is 12.9. The molecule has 1 N–H and O–H groups in total. The van der Waals surface area contributed by atoms with E-state index in [0.717, 1.165) is 32.6 Å². The first-order chi connectivity index (χ1) is 10.1. The predicted octanol–water partition coefficient (Wildman–Crippen LogP) is 3.14. The Kier molecular flexibility index (Phi) is 6.22. The number of morpholine rings is 1. The number of aryl methyl sites for hydroxylation is 1. The topological polar surface area (TPSA) is 24.5 Å².